The van der Waals surface area contributed by atoms with E-state index in [4.69, 9.17) is 0 Å². The number of piperazine rings is 1. The van der Waals surface area contributed by atoms with Gasteiger partial charge in [-0.3, -0.25) is 9.69 Å². The van der Waals surface area contributed by atoms with Gasteiger partial charge in [0.05, 0.1) is 6.04 Å². The molecule has 1 unspecified atom stereocenters. The topological polar surface area (TPSA) is 28.5 Å². The molecule has 5 heteroatoms. The summed E-state index contributed by atoms with van der Waals surface area (Å²) in [6, 6.07) is 36.2. The zero-order valence-corrected chi connectivity index (χ0v) is 22.8. The van der Waals surface area contributed by atoms with E-state index in [-0.39, 0.29) is 23.7 Å². The highest BCUT2D eigenvalue weighted by Crippen LogP contribution is 2.36. The van der Waals surface area contributed by atoms with Crippen LogP contribution < -0.4 is 0 Å². The molecule has 4 aromatic carbocycles. The Balaban J connectivity index is 1.23. The van der Waals surface area contributed by atoms with Crippen LogP contribution in [0, 0.1) is 5.82 Å². The SMILES string of the molecule is Cn1cc(C(CC(=O)N2CCN(C(c3ccccc3)c3ccccc3)CC2)c2ccc(F)cc2)c2ccccc21. The van der Waals surface area contributed by atoms with Gasteiger partial charge in [-0.1, -0.05) is 91.0 Å². The number of halogens is 1. The van der Waals surface area contributed by atoms with Gasteiger partial charge in [-0.15, -0.1) is 0 Å². The van der Waals surface area contributed by atoms with Gasteiger partial charge in [0.1, 0.15) is 5.82 Å². The summed E-state index contributed by atoms with van der Waals surface area (Å²) in [5.74, 6) is -0.286. The fraction of sp³-hybridized carbons (Fsp3) is 0.229. The number of para-hydroxylation sites is 1. The number of hydrogen-bond acceptors (Lipinski definition) is 2. The molecule has 0 saturated carbocycles. The Bertz CT molecular complexity index is 1530. The van der Waals surface area contributed by atoms with Crippen molar-refractivity contribution in [1.29, 1.82) is 0 Å². The Morgan fingerprint density at radius 3 is 1.93 bits per heavy atom. The summed E-state index contributed by atoms with van der Waals surface area (Å²) >= 11 is 0. The normalized spacial score (nSPS) is 15.0. The van der Waals surface area contributed by atoms with Crippen LogP contribution in [0.25, 0.3) is 10.9 Å². The Morgan fingerprint density at radius 1 is 0.725 bits per heavy atom. The molecule has 1 aromatic heterocycles. The van der Waals surface area contributed by atoms with Gasteiger partial charge >= 0.3 is 0 Å². The van der Waals surface area contributed by atoms with E-state index in [1.807, 2.05) is 36.2 Å². The lowest BCUT2D eigenvalue weighted by Gasteiger charge is -2.40. The third-order valence-corrected chi connectivity index (χ3v) is 8.22. The van der Waals surface area contributed by atoms with Gasteiger partial charge in [-0.05, 0) is 40.5 Å². The molecule has 2 heterocycles. The lowest BCUT2D eigenvalue weighted by molar-refractivity contribution is -0.133. The predicted octanol–water partition coefficient (Wildman–Crippen LogP) is 6.77. The Kier molecular flexibility index (Phi) is 7.47. The van der Waals surface area contributed by atoms with Crippen LogP contribution in [0.5, 0.6) is 0 Å². The summed E-state index contributed by atoms with van der Waals surface area (Å²) in [6.07, 6.45) is 2.47. The number of amides is 1. The number of benzene rings is 4. The number of carbonyl (C=O) groups is 1. The maximum absolute atomic E-state index is 13.8. The summed E-state index contributed by atoms with van der Waals surface area (Å²) in [5.41, 5.74) is 5.71. The molecule has 1 atom stereocenters. The minimum atomic E-state index is -0.269. The Hall–Kier alpha value is -4.22. The molecule has 0 bridgehead atoms. The number of carbonyl (C=O) groups excluding carboxylic acids is 1. The Labute approximate surface area is 235 Å². The van der Waals surface area contributed by atoms with Gasteiger partial charge in [-0.2, -0.15) is 0 Å². The van der Waals surface area contributed by atoms with Crippen LogP contribution in [0.2, 0.25) is 0 Å². The molecule has 0 radical (unpaired) electrons. The van der Waals surface area contributed by atoms with Crippen molar-refractivity contribution in [3.8, 4) is 0 Å². The lowest BCUT2D eigenvalue weighted by Crippen LogP contribution is -2.50. The molecule has 0 N–H and O–H groups in total. The van der Waals surface area contributed by atoms with E-state index in [2.05, 4.69) is 88.5 Å². The number of aromatic nitrogens is 1. The summed E-state index contributed by atoms with van der Waals surface area (Å²) in [5, 5.41) is 1.13. The summed E-state index contributed by atoms with van der Waals surface area (Å²) in [7, 11) is 2.03. The van der Waals surface area contributed by atoms with Gasteiger partial charge < -0.3 is 9.47 Å². The quantitative estimate of drug-likeness (QED) is 0.232. The van der Waals surface area contributed by atoms with Crippen LogP contribution in [0.15, 0.2) is 115 Å². The molecule has 1 amide bonds. The maximum Gasteiger partial charge on any atom is 0.223 e. The minimum absolute atomic E-state index is 0.137. The largest absolute Gasteiger partial charge is 0.350 e. The molecule has 0 spiro atoms. The molecule has 202 valence electrons. The highest BCUT2D eigenvalue weighted by Gasteiger charge is 2.30. The monoisotopic (exact) mass is 531 g/mol. The first-order valence-electron chi connectivity index (χ1n) is 14.0. The molecule has 5 aromatic rings. The van der Waals surface area contributed by atoms with Gasteiger partial charge in [-0.25, -0.2) is 4.39 Å². The smallest absolute Gasteiger partial charge is 0.223 e. The van der Waals surface area contributed by atoms with E-state index in [0.717, 1.165) is 35.1 Å². The van der Waals surface area contributed by atoms with E-state index in [1.165, 1.54) is 23.3 Å². The molecular formula is C35H34FN3O. The molecule has 1 aliphatic heterocycles. The molecular weight excluding hydrogens is 497 g/mol. The second-order valence-electron chi connectivity index (χ2n) is 10.7. The number of hydrogen-bond donors (Lipinski definition) is 0. The first kappa shape index (κ1) is 26.0. The van der Waals surface area contributed by atoms with Crippen LogP contribution in [-0.2, 0) is 11.8 Å². The Morgan fingerprint density at radius 2 is 1.30 bits per heavy atom. The molecule has 1 fully saturated rings. The van der Waals surface area contributed by atoms with Crippen LogP contribution in [0.3, 0.4) is 0 Å². The van der Waals surface area contributed by atoms with Crippen LogP contribution in [0.1, 0.15) is 40.6 Å². The minimum Gasteiger partial charge on any atom is -0.350 e. The van der Waals surface area contributed by atoms with E-state index in [0.29, 0.717) is 19.5 Å². The first-order chi connectivity index (χ1) is 19.6. The number of fused-ring (bicyclic) bond motifs is 1. The molecule has 4 nitrogen and oxygen atoms in total. The van der Waals surface area contributed by atoms with Crippen molar-refractivity contribution in [3.05, 3.63) is 143 Å². The summed E-state index contributed by atoms with van der Waals surface area (Å²) < 4.78 is 15.9. The number of rotatable bonds is 7. The van der Waals surface area contributed by atoms with Crippen molar-refractivity contribution in [2.45, 2.75) is 18.4 Å². The number of nitrogens with zero attached hydrogens (tertiary/aromatic N) is 3. The molecule has 1 aliphatic rings. The maximum atomic E-state index is 13.8. The van der Waals surface area contributed by atoms with Crippen molar-refractivity contribution in [1.82, 2.24) is 14.4 Å². The third-order valence-electron chi connectivity index (χ3n) is 8.22. The highest BCUT2D eigenvalue weighted by atomic mass is 19.1. The zero-order valence-electron chi connectivity index (χ0n) is 22.8. The van der Waals surface area contributed by atoms with E-state index in [1.54, 1.807) is 0 Å². The van der Waals surface area contributed by atoms with E-state index >= 15 is 0 Å². The van der Waals surface area contributed by atoms with E-state index in [9.17, 15) is 9.18 Å². The number of aryl methyl sites for hydroxylation is 1. The van der Waals surface area contributed by atoms with Crippen molar-refractivity contribution >= 4 is 16.8 Å². The molecule has 40 heavy (non-hydrogen) atoms. The van der Waals surface area contributed by atoms with Crippen molar-refractivity contribution in [2.75, 3.05) is 26.2 Å². The average Bonchev–Trinajstić information content (AvgIpc) is 3.34. The van der Waals surface area contributed by atoms with Crippen LogP contribution >= 0.6 is 0 Å². The van der Waals surface area contributed by atoms with Crippen molar-refractivity contribution < 1.29 is 9.18 Å². The van der Waals surface area contributed by atoms with E-state index < -0.39 is 0 Å². The van der Waals surface area contributed by atoms with Gasteiger partial charge in [0.15, 0.2) is 0 Å². The summed E-state index contributed by atoms with van der Waals surface area (Å²) in [6.45, 7) is 2.96. The van der Waals surface area contributed by atoms with Crippen LogP contribution in [0.4, 0.5) is 4.39 Å². The lowest BCUT2D eigenvalue weighted by atomic mass is 9.87. The highest BCUT2D eigenvalue weighted by molar-refractivity contribution is 5.86. The predicted molar refractivity (Wildman–Crippen MR) is 159 cm³/mol. The second-order valence-corrected chi connectivity index (χ2v) is 10.7. The zero-order chi connectivity index (χ0) is 27.5. The molecule has 1 saturated heterocycles. The second kappa shape index (κ2) is 11.5. The standard InChI is InChI=1S/C35H34FN3O/c1-37-25-32(30-14-8-9-15-33(30)37)31(26-16-18-29(36)19-17-26)24-34(40)38-20-22-39(23-21-38)35(27-10-4-2-5-11-27)28-12-6-3-7-13-28/h2-19,25,31,35H,20-24H2,1H3. The fourth-order valence-corrected chi connectivity index (χ4v) is 6.17. The molecule has 0 aliphatic carbocycles. The fourth-order valence-electron chi connectivity index (χ4n) is 6.17. The van der Waals surface area contributed by atoms with Gasteiger partial charge in [0, 0.05) is 62.7 Å². The average molecular weight is 532 g/mol. The van der Waals surface area contributed by atoms with Crippen molar-refractivity contribution in [2.24, 2.45) is 7.05 Å². The summed E-state index contributed by atoms with van der Waals surface area (Å²) in [4.78, 5) is 18.3. The molecule has 6 rings (SSSR count). The first-order valence-corrected chi connectivity index (χ1v) is 14.0. The van der Waals surface area contributed by atoms with Gasteiger partial charge in [0.2, 0.25) is 5.91 Å². The van der Waals surface area contributed by atoms with Crippen LogP contribution in [-0.4, -0.2) is 46.5 Å². The third kappa shape index (κ3) is 5.30. The van der Waals surface area contributed by atoms with Crippen molar-refractivity contribution in [3.63, 3.8) is 0 Å². The van der Waals surface area contributed by atoms with Gasteiger partial charge in [0.25, 0.3) is 0 Å².